The van der Waals surface area contributed by atoms with E-state index in [1.807, 2.05) is 33.0 Å². The van der Waals surface area contributed by atoms with Crippen molar-refractivity contribution < 1.29 is 14.3 Å². The van der Waals surface area contributed by atoms with Crippen molar-refractivity contribution in [3.8, 4) is 0 Å². The van der Waals surface area contributed by atoms with E-state index in [0.717, 1.165) is 42.8 Å². The number of methoxy groups -OCH3 is 1. The number of carbonyl (C=O) groups excluding carboxylic acids is 2. The number of aryl methyl sites for hydroxylation is 1. The first kappa shape index (κ1) is 26.8. The SMILES string of the molecule is C=C(/N=C\C(=C/CC)CN=C(C)N(C)CCCCN(C=O)C(=O)c1ccccc1C)OC. The van der Waals surface area contributed by atoms with E-state index in [1.165, 1.54) is 12.0 Å². The summed E-state index contributed by atoms with van der Waals surface area (Å²) in [5.74, 6) is 1.02. The van der Waals surface area contributed by atoms with Gasteiger partial charge in [0.1, 0.15) is 0 Å². The molecule has 7 nitrogen and oxygen atoms in total. The first-order valence-electron chi connectivity index (χ1n) is 10.8. The number of hydrogen-bond acceptors (Lipinski definition) is 5. The van der Waals surface area contributed by atoms with Gasteiger partial charge in [-0.05, 0) is 56.9 Å². The van der Waals surface area contributed by atoms with Crippen LogP contribution in [0.5, 0.6) is 0 Å². The van der Waals surface area contributed by atoms with Crippen LogP contribution in [0.15, 0.2) is 58.4 Å². The number of amides is 2. The molecule has 0 fully saturated rings. The minimum Gasteiger partial charge on any atom is -0.481 e. The Hall–Kier alpha value is -3.22. The highest BCUT2D eigenvalue weighted by Crippen LogP contribution is 2.10. The minimum absolute atomic E-state index is 0.253. The van der Waals surface area contributed by atoms with Crippen molar-refractivity contribution in [3.63, 3.8) is 0 Å². The average Bonchev–Trinajstić information content (AvgIpc) is 2.80. The fourth-order valence-electron chi connectivity index (χ4n) is 2.92. The zero-order valence-electron chi connectivity index (χ0n) is 20.0. The standard InChI is InChI=1S/C25H36N4O3/c1-7-12-23(18-27-22(4)32-6)17-26-21(3)28(5)15-10-11-16-29(19-30)25(31)24-14-9-8-13-20(24)2/h8-9,12-14,18-19H,4,7,10-11,15-17H2,1-3,5-6H3/b23-12-,26-21?,27-18-. The number of ether oxygens (including phenoxy) is 1. The molecule has 0 aliphatic heterocycles. The fourth-order valence-corrected chi connectivity index (χ4v) is 2.92. The number of imide groups is 1. The normalized spacial score (nSPS) is 12.0. The minimum atomic E-state index is -0.253. The van der Waals surface area contributed by atoms with Gasteiger partial charge in [0.2, 0.25) is 12.3 Å². The Labute approximate surface area is 192 Å². The number of aliphatic imine (C=N–C) groups is 2. The van der Waals surface area contributed by atoms with Gasteiger partial charge >= 0.3 is 0 Å². The lowest BCUT2D eigenvalue weighted by atomic mass is 10.1. The molecule has 0 spiro atoms. The largest absolute Gasteiger partial charge is 0.481 e. The first-order chi connectivity index (χ1) is 15.3. The van der Waals surface area contributed by atoms with Gasteiger partial charge in [-0.3, -0.25) is 19.5 Å². The van der Waals surface area contributed by atoms with Crippen LogP contribution in [0.4, 0.5) is 0 Å². The Morgan fingerprint density at radius 2 is 1.91 bits per heavy atom. The summed E-state index contributed by atoms with van der Waals surface area (Å²) in [6, 6.07) is 7.30. The summed E-state index contributed by atoms with van der Waals surface area (Å²) in [7, 11) is 3.52. The second-order valence-electron chi connectivity index (χ2n) is 7.45. The van der Waals surface area contributed by atoms with Gasteiger partial charge in [-0.1, -0.05) is 31.2 Å². The van der Waals surface area contributed by atoms with Gasteiger partial charge in [0.25, 0.3) is 5.91 Å². The van der Waals surface area contributed by atoms with E-state index >= 15 is 0 Å². The Bertz CT molecular complexity index is 858. The third kappa shape index (κ3) is 9.29. The number of hydrogen-bond donors (Lipinski definition) is 0. The lowest BCUT2D eigenvalue weighted by molar-refractivity contribution is -0.116. The van der Waals surface area contributed by atoms with Gasteiger partial charge in [0.05, 0.1) is 19.5 Å². The molecule has 0 saturated carbocycles. The Kier molecular flexibility index (Phi) is 12.3. The molecular weight excluding hydrogens is 404 g/mol. The number of rotatable bonds is 13. The molecular formula is C25H36N4O3. The maximum absolute atomic E-state index is 12.6. The zero-order valence-corrected chi connectivity index (χ0v) is 20.0. The molecule has 1 aromatic carbocycles. The predicted octanol–water partition coefficient (Wildman–Crippen LogP) is 4.25. The number of benzene rings is 1. The average molecular weight is 441 g/mol. The van der Waals surface area contributed by atoms with E-state index in [4.69, 9.17) is 4.74 Å². The molecule has 2 amide bonds. The van der Waals surface area contributed by atoms with Gasteiger partial charge in [-0.25, -0.2) is 4.99 Å². The van der Waals surface area contributed by atoms with Gasteiger partial charge in [0, 0.05) is 31.9 Å². The monoisotopic (exact) mass is 440 g/mol. The summed E-state index contributed by atoms with van der Waals surface area (Å²) < 4.78 is 4.96. The Morgan fingerprint density at radius 1 is 1.22 bits per heavy atom. The van der Waals surface area contributed by atoms with Crippen molar-refractivity contribution in [1.29, 1.82) is 0 Å². The van der Waals surface area contributed by atoms with Crippen molar-refractivity contribution in [2.45, 2.75) is 40.0 Å². The van der Waals surface area contributed by atoms with E-state index in [2.05, 4.69) is 34.5 Å². The third-order valence-corrected chi connectivity index (χ3v) is 5.03. The van der Waals surface area contributed by atoms with Crippen LogP contribution < -0.4 is 0 Å². The molecule has 0 aliphatic carbocycles. The number of allylic oxidation sites excluding steroid dienone is 1. The number of carbonyl (C=O) groups is 2. The second-order valence-corrected chi connectivity index (χ2v) is 7.45. The molecule has 0 aliphatic rings. The quantitative estimate of drug-likeness (QED) is 0.151. The summed E-state index contributed by atoms with van der Waals surface area (Å²) in [5.41, 5.74) is 2.42. The van der Waals surface area contributed by atoms with Gasteiger partial charge in [-0.15, -0.1) is 0 Å². The van der Waals surface area contributed by atoms with E-state index in [9.17, 15) is 9.59 Å². The number of amidine groups is 1. The van der Waals surface area contributed by atoms with Crippen molar-refractivity contribution in [2.75, 3.05) is 33.8 Å². The van der Waals surface area contributed by atoms with Gasteiger partial charge in [0.15, 0.2) is 0 Å². The smallest absolute Gasteiger partial charge is 0.260 e. The van der Waals surface area contributed by atoms with Crippen molar-refractivity contribution in [3.05, 3.63) is 59.5 Å². The molecule has 0 atom stereocenters. The topological polar surface area (TPSA) is 74.6 Å². The van der Waals surface area contributed by atoms with Crippen LogP contribution in [0.2, 0.25) is 0 Å². The highest BCUT2D eigenvalue weighted by Gasteiger charge is 2.16. The molecule has 1 rings (SSSR count). The molecule has 0 heterocycles. The first-order valence-corrected chi connectivity index (χ1v) is 10.8. The van der Waals surface area contributed by atoms with Crippen LogP contribution >= 0.6 is 0 Å². The molecule has 0 bridgehead atoms. The summed E-state index contributed by atoms with van der Waals surface area (Å²) in [4.78, 5) is 36.1. The molecule has 0 unspecified atom stereocenters. The van der Waals surface area contributed by atoms with Crippen LogP contribution in [0, 0.1) is 6.92 Å². The van der Waals surface area contributed by atoms with E-state index < -0.39 is 0 Å². The van der Waals surface area contributed by atoms with E-state index in [0.29, 0.717) is 30.9 Å². The second kappa shape index (κ2) is 14.7. The van der Waals surface area contributed by atoms with Crippen LogP contribution in [0.1, 0.15) is 49.0 Å². The van der Waals surface area contributed by atoms with E-state index in [-0.39, 0.29) is 5.91 Å². The Balaban J connectivity index is 2.53. The van der Waals surface area contributed by atoms with Crippen LogP contribution in [-0.4, -0.2) is 68.0 Å². The van der Waals surface area contributed by atoms with Crippen molar-refractivity contribution in [2.24, 2.45) is 9.98 Å². The van der Waals surface area contributed by atoms with Crippen molar-refractivity contribution >= 4 is 24.4 Å². The number of unbranched alkanes of at least 4 members (excludes halogenated alkanes) is 1. The predicted molar refractivity (Wildman–Crippen MR) is 131 cm³/mol. The van der Waals surface area contributed by atoms with E-state index in [1.54, 1.807) is 18.3 Å². The lowest BCUT2D eigenvalue weighted by Crippen LogP contribution is -2.32. The molecule has 174 valence electrons. The van der Waals surface area contributed by atoms with Crippen LogP contribution in [-0.2, 0) is 9.53 Å². The molecule has 0 radical (unpaired) electrons. The zero-order chi connectivity index (χ0) is 23.9. The van der Waals surface area contributed by atoms with Gasteiger partial charge < -0.3 is 9.64 Å². The highest BCUT2D eigenvalue weighted by atomic mass is 16.5. The molecule has 0 aromatic heterocycles. The van der Waals surface area contributed by atoms with Crippen molar-refractivity contribution in [1.82, 2.24) is 9.80 Å². The summed E-state index contributed by atoms with van der Waals surface area (Å²) >= 11 is 0. The van der Waals surface area contributed by atoms with Crippen LogP contribution in [0.3, 0.4) is 0 Å². The molecule has 0 N–H and O–H groups in total. The summed E-state index contributed by atoms with van der Waals surface area (Å²) in [6.07, 6.45) is 6.86. The fraction of sp³-hybridized carbons (Fsp3) is 0.440. The molecule has 32 heavy (non-hydrogen) atoms. The summed E-state index contributed by atoms with van der Waals surface area (Å²) in [5, 5.41) is 0. The Morgan fingerprint density at radius 3 is 2.53 bits per heavy atom. The lowest BCUT2D eigenvalue weighted by Gasteiger charge is -2.20. The van der Waals surface area contributed by atoms with Crippen LogP contribution in [0.25, 0.3) is 0 Å². The summed E-state index contributed by atoms with van der Waals surface area (Å²) in [6.45, 7) is 11.3. The maximum atomic E-state index is 12.6. The molecule has 1 aromatic rings. The highest BCUT2D eigenvalue weighted by molar-refractivity contribution is 6.00. The third-order valence-electron chi connectivity index (χ3n) is 5.03. The van der Waals surface area contributed by atoms with Gasteiger partial charge in [-0.2, -0.15) is 0 Å². The molecule has 7 heteroatoms. The molecule has 0 saturated heterocycles. The maximum Gasteiger partial charge on any atom is 0.260 e. The number of nitrogens with zero attached hydrogens (tertiary/aromatic N) is 4.